The molecular formula is C18H34N2O. The smallest absolute Gasteiger partial charge is 0.224 e. The van der Waals surface area contributed by atoms with Gasteiger partial charge in [0.2, 0.25) is 5.91 Å². The standard InChI is InChI=1S/C18H34N2O/c1-3-19-15(2)14-18(21)20(16-10-6-4-7-11-16)17-12-8-5-9-13-17/h15-17,19H,3-14H2,1-2H3. The van der Waals surface area contributed by atoms with Crippen LogP contribution in [0.1, 0.15) is 84.5 Å². The summed E-state index contributed by atoms with van der Waals surface area (Å²) in [4.78, 5) is 15.3. The van der Waals surface area contributed by atoms with E-state index < -0.39 is 0 Å². The number of nitrogens with zero attached hydrogens (tertiary/aromatic N) is 1. The number of amides is 1. The topological polar surface area (TPSA) is 32.3 Å². The first-order chi connectivity index (χ1) is 10.2. The van der Waals surface area contributed by atoms with Crippen LogP contribution in [0, 0.1) is 0 Å². The van der Waals surface area contributed by atoms with Gasteiger partial charge in [0.05, 0.1) is 0 Å². The van der Waals surface area contributed by atoms with Crippen LogP contribution in [0.25, 0.3) is 0 Å². The molecule has 1 amide bonds. The maximum absolute atomic E-state index is 12.9. The lowest BCUT2D eigenvalue weighted by molar-refractivity contribution is -0.138. The molecule has 2 fully saturated rings. The zero-order valence-corrected chi connectivity index (χ0v) is 14.1. The molecular weight excluding hydrogens is 260 g/mol. The van der Waals surface area contributed by atoms with Gasteiger partial charge >= 0.3 is 0 Å². The summed E-state index contributed by atoms with van der Waals surface area (Å²) >= 11 is 0. The average molecular weight is 294 g/mol. The Balaban J connectivity index is 2.00. The summed E-state index contributed by atoms with van der Waals surface area (Å²) in [6.45, 7) is 5.20. The van der Waals surface area contributed by atoms with Gasteiger partial charge in [0.25, 0.3) is 0 Å². The molecule has 2 aliphatic rings. The van der Waals surface area contributed by atoms with Gasteiger partial charge in [-0.15, -0.1) is 0 Å². The second kappa shape index (κ2) is 8.77. The minimum absolute atomic E-state index is 0.303. The van der Waals surface area contributed by atoms with E-state index in [9.17, 15) is 4.79 Å². The molecule has 0 spiro atoms. The Labute approximate surface area is 130 Å². The monoisotopic (exact) mass is 294 g/mol. The van der Waals surface area contributed by atoms with Crippen LogP contribution in [0.2, 0.25) is 0 Å². The lowest BCUT2D eigenvalue weighted by atomic mass is 9.88. The van der Waals surface area contributed by atoms with Crippen molar-refractivity contribution in [3.05, 3.63) is 0 Å². The van der Waals surface area contributed by atoms with Gasteiger partial charge in [-0.3, -0.25) is 4.79 Å². The molecule has 0 bridgehead atoms. The molecule has 2 saturated carbocycles. The van der Waals surface area contributed by atoms with Gasteiger partial charge in [-0.2, -0.15) is 0 Å². The number of nitrogens with one attached hydrogen (secondary N) is 1. The molecule has 1 atom stereocenters. The normalized spacial score (nSPS) is 23.0. The molecule has 0 aromatic rings. The molecule has 21 heavy (non-hydrogen) atoms. The molecule has 2 aliphatic carbocycles. The molecule has 0 saturated heterocycles. The summed E-state index contributed by atoms with van der Waals surface area (Å²) < 4.78 is 0. The molecule has 0 aromatic carbocycles. The van der Waals surface area contributed by atoms with Crippen LogP contribution in [0.5, 0.6) is 0 Å². The molecule has 1 N–H and O–H groups in total. The fraction of sp³-hybridized carbons (Fsp3) is 0.944. The van der Waals surface area contributed by atoms with E-state index in [0.29, 0.717) is 30.5 Å². The minimum Gasteiger partial charge on any atom is -0.337 e. The van der Waals surface area contributed by atoms with Crippen molar-refractivity contribution in [3.63, 3.8) is 0 Å². The van der Waals surface area contributed by atoms with Crippen LogP contribution in [0.4, 0.5) is 0 Å². The Bertz CT molecular complexity index is 288. The highest BCUT2D eigenvalue weighted by Crippen LogP contribution is 2.30. The van der Waals surface area contributed by atoms with E-state index in [1.807, 2.05) is 0 Å². The first-order valence-electron chi connectivity index (χ1n) is 9.27. The van der Waals surface area contributed by atoms with Crippen molar-refractivity contribution in [2.24, 2.45) is 0 Å². The Kier molecular flexibility index (Phi) is 7.01. The summed E-state index contributed by atoms with van der Waals surface area (Å²) in [6.07, 6.45) is 13.6. The number of carbonyl (C=O) groups is 1. The van der Waals surface area contributed by atoms with Crippen LogP contribution in [0.15, 0.2) is 0 Å². The highest BCUT2D eigenvalue weighted by Gasteiger charge is 2.32. The predicted octanol–water partition coefficient (Wildman–Crippen LogP) is 3.87. The van der Waals surface area contributed by atoms with Crippen molar-refractivity contribution in [1.82, 2.24) is 10.2 Å². The van der Waals surface area contributed by atoms with Gasteiger partial charge in [-0.05, 0) is 39.2 Å². The van der Waals surface area contributed by atoms with Crippen LogP contribution in [-0.4, -0.2) is 35.5 Å². The van der Waals surface area contributed by atoms with Gasteiger partial charge < -0.3 is 10.2 Å². The Hall–Kier alpha value is -0.570. The number of hydrogen-bond donors (Lipinski definition) is 1. The molecule has 122 valence electrons. The number of carbonyl (C=O) groups excluding carboxylic acids is 1. The Morgan fingerprint density at radius 3 is 1.90 bits per heavy atom. The van der Waals surface area contributed by atoms with E-state index in [4.69, 9.17) is 0 Å². The van der Waals surface area contributed by atoms with Crippen molar-refractivity contribution >= 4 is 5.91 Å². The molecule has 1 unspecified atom stereocenters. The van der Waals surface area contributed by atoms with E-state index in [1.54, 1.807) is 0 Å². The SMILES string of the molecule is CCNC(C)CC(=O)N(C1CCCCC1)C1CCCCC1. The predicted molar refractivity (Wildman–Crippen MR) is 88.3 cm³/mol. The molecule has 0 aliphatic heterocycles. The summed E-state index contributed by atoms with van der Waals surface area (Å²) in [7, 11) is 0. The summed E-state index contributed by atoms with van der Waals surface area (Å²) in [5.74, 6) is 0.405. The largest absolute Gasteiger partial charge is 0.337 e. The van der Waals surface area contributed by atoms with E-state index in [0.717, 1.165) is 6.54 Å². The van der Waals surface area contributed by atoms with Crippen LogP contribution >= 0.6 is 0 Å². The molecule has 0 radical (unpaired) electrons. The van der Waals surface area contributed by atoms with Crippen LogP contribution < -0.4 is 5.32 Å². The van der Waals surface area contributed by atoms with Crippen molar-refractivity contribution in [2.45, 2.75) is 103 Å². The Morgan fingerprint density at radius 2 is 1.48 bits per heavy atom. The highest BCUT2D eigenvalue weighted by atomic mass is 16.2. The Morgan fingerprint density at radius 1 is 1.00 bits per heavy atom. The molecule has 0 aromatic heterocycles. The maximum Gasteiger partial charge on any atom is 0.224 e. The van der Waals surface area contributed by atoms with Gasteiger partial charge in [-0.25, -0.2) is 0 Å². The quantitative estimate of drug-likeness (QED) is 0.806. The minimum atomic E-state index is 0.303. The first-order valence-corrected chi connectivity index (χ1v) is 9.27. The van der Waals surface area contributed by atoms with Crippen molar-refractivity contribution in [3.8, 4) is 0 Å². The molecule has 2 rings (SSSR count). The zero-order valence-electron chi connectivity index (χ0n) is 14.1. The van der Waals surface area contributed by atoms with Crippen LogP contribution in [0.3, 0.4) is 0 Å². The zero-order chi connectivity index (χ0) is 15.1. The summed E-state index contributed by atoms with van der Waals surface area (Å²) in [6, 6.07) is 1.36. The lowest BCUT2D eigenvalue weighted by Crippen LogP contribution is -2.50. The molecule has 3 nitrogen and oxygen atoms in total. The maximum atomic E-state index is 12.9. The fourth-order valence-corrected chi connectivity index (χ4v) is 4.21. The summed E-state index contributed by atoms with van der Waals surface area (Å²) in [5.41, 5.74) is 0. The van der Waals surface area contributed by atoms with E-state index in [-0.39, 0.29) is 0 Å². The van der Waals surface area contributed by atoms with Gasteiger partial charge in [0.15, 0.2) is 0 Å². The van der Waals surface area contributed by atoms with E-state index >= 15 is 0 Å². The van der Waals surface area contributed by atoms with Gasteiger partial charge in [0, 0.05) is 24.5 Å². The lowest BCUT2D eigenvalue weighted by Gasteiger charge is -2.42. The van der Waals surface area contributed by atoms with Gasteiger partial charge in [-0.1, -0.05) is 45.4 Å². The highest BCUT2D eigenvalue weighted by molar-refractivity contribution is 5.77. The van der Waals surface area contributed by atoms with Crippen molar-refractivity contribution in [1.29, 1.82) is 0 Å². The third-order valence-electron chi connectivity index (χ3n) is 5.26. The van der Waals surface area contributed by atoms with Crippen molar-refractivity contribution < 1.29 is 4.79 Å². The number of rotatable bonds is 6. The van der Waals surface area contributed by atoms with Crippen LogP contribution in [-0.2, 0) is 4.79 Å². The fourth-order valence-electron chi connectivity index (χ4n) is 4.21. The second-order valence-corrected chi connectivity index (χ2v) is 7.05. The third kappa shape index (κ3) is 4.98. The van der Waals surface area contributed by atoms with Crippen molar-refractivity contribution in [2.75, 3.05) is 6.54 Å². The average Bonchev–Trinajstić information content (AvgIpc) is 2.50. The van der Waals surface area contributed by atoms with Gasteiger partial charge in [0.1, 0.15) is 0 Å². The third-order valence-corrected chi connectivity index (χ3v) is 5.26. The first kappa shape index (κ1) is 16.8. The molecule has 0 heterocycles. The van der Waals surface area contributed by atoms with E-state index in [2.05, 4.69) is 24.1 Å². The van der Waals surface area contributed by atoms with E-state index in [1.165, 1.54) is 64.2 Å². The second-order valence-electron chi connectivity index (χ2n) is 7.05. The number of hydrogen-bond acceptors (Lipinski definition) is 2. The molecule has 3 heteroatoms. The summed E-state index contributed by atoms with van der Waals surface area (Å²) in [5, 5.41) is 3.39.